The second-order valence-electron chi connectivity index (χ2n) is 5.45. The predicted molar refractivity (Wildman–Crippen MR) is 83.2 cm³/mol. The van der Waals surface area contributed by atoms with Gasteiger partial charge in [0.25, 0.3) is 0 Å². The number of carbonyl (C=O) groups excluding carboxylic acids is 1. The van der Waals surface area contributed by atoms with E-state index in [0.29, 0.717) is 6.54 Å². The van der Waals surface area contributed by atoms with Crippen molar-refractivity contribution in [2.24, 2.45) is 0 Å². The standard InChI is InChI=1S/C16H26N2O2/c1-6-10-17-16(3,15(19)20-5)12-18(4)14-9-7-8-13(2)11-14/h7-9,11,17H,6,10,12H2,1-5H3. The van der Waals surface area contributed by atoms with Gasteiger partial charge < -0.3 is 15.0 Å². The van der Waals surface area contributed by atoms with Crippen LogP contribution in [0.25, 0.3) is 0 Å². The summed E-state index contributed by atoms with van der Waals surface area (Å²) in [7, 11) is 3.42. The molecule has 1 aromatic rings. The first-order valence-corrected chi connectivity index (χ1v) is 7.04. The Kier molecular flexibility index (Phi) is 6.02. The minimum atomic E-state index is -0.705. The van der Waals surface area contributed by atoms with Gasteiger partial charge in [-0.1, -0.05) is 19.1 Å². The maximum atomic E-state index is 12.1. The van der Waals surface area contributed by atoms with Gasteiger partial charge >= 0.3 is 5.97 Å². The van der Waals surface area contributed by atoms with Gasteiger partial charge in [-0.25, -0.2) is 4.79 Å². The molecule has 4 heteroatoms. The molecule has 0 aliphatic rings. The van der Waals surface area contributed by atoms with E-state index in [1.165, 1.54) is 12.7 Å². The molecule has 4 nitrogen and oxygen atoms in total. The summed E-state index contributed by atoms with van der Waals surface area (Å²) in [4.78, 5) is 14.1. The topological polar surface area (TPSA) is 41.6 Å². The average molecular weight is 278 g/mol. The molecule has 1 unspecified atom stereocenters. The van der Waals surface area contributed by atoms with E-state index in [4.69, 9.17) is 4.74 Å². The van der Waals surface area contributed by atoms with E-state index in [1.807, 2.05) is 26.1 Å². The number of benzene rings is 1. The number of hydrogen-bond donors (Lipinski definition) is 1. The summed E-state index contributed by atoms with van der Waals surface area (Å²) in [5.74, 6) is -0.231. The highest BCUT2D eigenvalue weighted by Crippen LogP contribution is 2.18. The van der Waals surface area contributed by atoms with E-state index < -0.39 is 5.54 Å². The quantitative estimate of drug-likeness (QED) is 0.778. The first-order valence-electron chi connectivity index (χ1n) is 7.04. The average Bonchev–Trinajstić information content (AvgIpc) is 2.44. The van der Waals surface area contributed by atoms with Crippen LogP contribution in [0.3, 0.4) is 0 Å². The molecule has 1 N–H and O–H groups in total. The minimum Gasteiger partial charge on any atom is -0.468 e. The van der Waals surface area contributed by atoms with Gasteiger partial charge in [-0.2, -0.15) is 0 Å². The Hall–Kier alpha value is -1.55. The Labute approximate surface area is 122 Å². The van der Waals surface area contributed by atoms with Gasteiger partial charge in [0.1, 0.15) is 5.54 Å². The summed E-state index contributed by atoms with van der Waals surface area (Å²) in [6.07, 6.45) is 0.973. The molecule has 1 atom stereocenters. The summed E-state index contributed by atoms with van der Waals surface area (Å²) in [6.45, 7) is 7.37. The highest BCUT2D eigenvalue weighted by molar-refractivity contribution is 5.81. The number of rotatable bonds is 7. The lowest BCUT2D eigenvalue weighted by Gasteiger charge is -2.33. The Bertz CT molecular complexity index is 448. The summed E-state index contributed by atoms with van der Waals surface area (Å²) < 4.78 is 4.94. The molecule has 0 amide bonds. The molecule has 20 heavy (non-hydrogen) atoms. The molecular formula is C16H26N2O2. The summed E-state index contributed by atoms with van der Waals surface area (Å²) in [5.41, 5.74) is 1.59. The van der Waals surface area contributed by atoms with Crippen LogP contribution >= 0.6 is 0 Å². The molecule has 112 valence electrons. The van der Waals surface area contributed by atoms with Gasteiger partial charge in [-0.3, -0.25) is 0 Å². The molecule has 0 aliphatic heterocycles. The number of likely N-dealkylation sites (N-methyl/N-ethyl adjacent to an activating group) is 1. The third-order valence-corrected chi connectivity index (χ3v) is 3.40. The zero-order valence-electron chi connectivity index (χ0n) is 13.2. The van der Waals surface area contributed by atoms with Crippen molar-refractivity contribution >= 4 is 11.7 Å². The largest absolute Gasteiger partial charge is 0.468 e. The first-order chi connectivity index (χ1) is 9.42. The third-order valence-electron chi connectivity index (χ3n) is 3.40. The lowest BCUT2D eigenvalue weighted by Crippen LogP contribution is -2.57. The van der Waals surface area contributed by atoms with Crippen molar-refractivity contribution < 1.29 is 9.53 Å². The van der Waals surface area contributed by atoms with Gasteiger partial charge in [0.2, 0.25) is 0 Å². The third kappa shape index (κ3) is 4.23. The second-order valence-corrected chi connectivity index (χ2v) is 5.45. The molecule has 0 radical (unpaired) electrons. The maximum absolute atomic E-state index is 12.1. The minimum absolute atomic E-state index is 0.231. The van der Waals surface area contributed by atoms with Gasteiger partial charge in [0.15, 0.2) is 0 Å². The molecule has 0 bridgehead atoms. The smallest absolute Gasteiger partial charge is 0.327 e. The number of ether oxygens (including phenoxy) is 1. The number of nitrogens with one attached hydrogen (secondary N) is 1. The maximum Gasteiger partial charge on any atom is 0.327 e. The van der Waals surface area contributed by atoms with Crippen LogP contribution in [0, 0.1) is 6.92 Å². The number of methoxy groups -OCH3 is 1. The molecule has 0 saturated heterocycles. The predicted octanol–water partition coefficient (Wildman–Crippen LogP) is 2.36. The number of carbonyl (C=O) groups is 1. The van der Waals surface area contributed by atoms with Crippen molar-refractivity contribution in [3.63, 3.8) is 0 Å². The zero-order valence-corrected chi connectivity index (χ0v) is 13.2. The molecule has 0 heterocycles. The van der Waals surface area contributed by atoms with Crippen LogP contribution < -0.4 is 10.2 Å². The molecular weight excluding hydrogens is 252 g/mol. The fourth-order valence-corrected chi connectivity index (χ4v) is 2.25. The first kappa shape index (κ1) is 16.5. The van der Waals surface area contributed by atoms with Gasteiger partial charge in [0, 0.05) is 19.3 Å². The molecule has 0 aliphatic carbocycles. The monoisotopic (exact) mass is 278 g/mol. The van der Waals surface area contributed by atoms with Crippen LogP contribution in [0.1, 0.15) is 25.8 Å². The fourth-order valence-electron chi connectivity index (χ4n) is 2.25. The Balaban J connectivity index is 2.86. The normalized spacial score (nSPS) is 13.7. The summed E-state index contributed by atoms with van der Waals surface area (Å²) >= 11 is 0. The Morgan fingerprint density at radius 1 is 1.45 bits per heavy atom. The Morgan fingerprint density at radius 2 is 2.15 bits per heavy atom. The lowest BCUT2D eigenvalue weighted by molar-refractivity contribution is -0.147. The highest BCUT2D eigenvalue weighted by Gasteiger charge is 2.35. The van der Waals surface area contributed by atoms with E-state index in [0.717, 1.165) is 18.7 Å². The van der Waals surface area contributed by atoms with Crippen LogP contribution in [0.5, 0.6) is 0 Å². The van der Waals surface area contributed by atoms with E-state index in [9.17, 15) is 4.79 Å². The number of hydrogen-bond acceptors (Lipinski definition) is 4. The van der Waals surface area contributed by atoms with E-state index in [-0.39, 0.29) is 5.97 Å². The van der Waals surface area contributed by atoms with Crippen LogP contribution in [-0.4, -0.2) is 38.8 Å². The van der Waals surface area contributed by atoms with Crippen molar-refractivity contribution in [1.82, 2.24) is 5.32 Å². The lowest BCUT2D eigenvalue weighted by atomic mass is 10.0. The van der Waals surface area contributed by atoms with Crippen LogP contribution in [0.4, 0.5) is 5.69 Å². The number of esters is 1. The van der Waals surface area contributed by atoms with Gasteiger partial charge in [0.05, 0.1) is 7.11 Å². The number of nitrogens with zero attached hydrogens (tertiary/aromatic N) is 1. The summed E-state index contributed by atoms with van der Waals surface area (Å²) in [5, 5.41) is 3.30. The molecule has 0 aromatic heterocycles. The molecule has 0 fully saturated rings. The van der Waals surface area contributed by atoms with Crippen molar-refractivity contribution in [3.8, 4) is 0 Å². The molecule has 1 aromatic carbocycles. The zero-order chi connectivity index (χ0) is 15.2. The van der Waals surface area contributed by atoms with Gasteiger partial charge in [-0.15, -0.1) is 0 Å². The molecule has 0 saturated carbocycles. The fraction of sp³-hybridized carbons (Fsp3) is 0.562. The van der Waals surface area contributed by atoms with Crippen LogP contribution in [0.15, 0.2) is 24.3 Å². The molecule has 1 rings (SSSR count). The second kappa shape index (κ2) is 7.29. The van der Waals surface area contributed by atoms with Crippen LogP contribution in [-0.2, 0) is 9.53 Å². The number of anilines is 1. The van der Waals surface area contributed by atoms with E-state index in [1.54, 1.807) is 0 Å². The Morgan fingerprint density at radius 3 is 2.70 bits per heavy atom. The number of aryl methyl sites for hydroxylation is 1. The van der Waals surface area contributed by atoms with Crippen LogP contribution in [0.2, 0.25) is 0 Å². The molecule has 0 spiro atoms. The van der Waals surface area contributed by atoms with Crippen molar-refractivity contribution in [2.45, 2.75) is 32.7 Å². The van der Waals surface area contributed by atoms with Crippen molar-refractivity contribution in [3.05, 3.63) is 29.8 Å². The van der Waals surface area contributed by atoms with E-state index in [2.05, 4.69) is 36.2 Å². The van der Waals surface area contributed by atoms with Gasteiger partial charge in [-0.05, 0) is 44.5 Å². The van der Waals surface area contributed by atoms with Crippen molar-refractivity contribution in [2.75, 3.05) is 32.1 Å². The van der Waals surface area contributed by atoms with Crippen molar-refractivity contribution in [1.29, 1.82) is 0 Å². The summed E-state index contributed by atoms with van der Waals surface area (Å²) in [6, 6.07) is 8.24. The SMILES string of the molecule is CCCNC(C)(CN(C)c1cccc(C)c1)C(=O)OC. The van der Waals surface area contributed by atoms with E-state index >= 15 is 0 Å². The highest BCUT2D eigenvalue weighted by atomic mass is 16.5.